The summed E-state index contributed by atoms with van der Waals surface area (Å²) in [6.07, 6.45) is 0.333. The highest BCUT2D eigenvalue weighted by Crippen LogP contribution is 2.21. The van der Waals surface area contributed by atoms with Gasteiger partial charge in [0.2, 0.25) is 5.91 Å². The van der Waals surface area contributed by atoms with E-state index in [0.29, 0.717) is 11.6 Å². The van der Waals surface area contributed by atoms with Gasteiger partial charge in [-0.2, -0.15) is 0 Å². The quantitative estimate of drug-likeness (QED) is 0.780. The van der Waals surface area contributed by atoms with Crippen LogP contribution in [0.1, 0.15) is 30.5 Å². The number of rotatable bonds is 3. The van der Waals surface area contributed by atoms with Crippen molar-refractivity contribution in [2.45, 2.75) is 26.2 Å². The Kier molecular flexibility index (Phi) is 3.47. The molecule has 3 nitrogen and oxygen atoms in total. The van der Waals surface area contributed by atoms with Crippen LogP contribution >= 0.6 is 11.6 Å². The first-order chi connectivity index (χ1) is 6.49. The Labute approximate surface area is 88.3 Å². The van der Waals surface area contributed by atoms with Gasteiger partial charge in [0.25, 0.3) is 0 Å². The zero-order chi connectivity index (χ0) is 10.7. The summed E-state index contributed by atoms with van der Waals surface area (Å²) in [5, 5.41) is 0.455. The number of amides is 1. The van der Waals surface area contributed by atoms with E-state index in [2.05, 4.69) is 4.98 Å². The fourth-order valence-corrected chi connectivity index (χ4v) is 1.62. The van der Waals surface area contributed by atoms with Crippen LogP contribution in [0, 0.1) is 6.92 Å². The summed E-state index contributed by atoms with van der Waals surface area (Å²) in [5.74, 6) is -0.213. The van der Waals surface area contributed by atoms with Gasteiger partial charge in [-0.3, -0.25) is 4.79 Å². The third kappa shape index (κ3) is 3.00. The minimum Gasteiger partial charge on any atom is -0.370 e. The smallest absolute Gasteiger partial charge is 0.218 e. The molecule has 0 radical (unpaired) electrons. The van der Waals surface area contributed by atoms with Crippen molar-refractivity contribution in [1.82, 2.24) is 4.98 Å². The van der Waals surface area contributed by atoms with Crippen molar-refractivity contribution in [3.8, 4) is 0 Å². The van der Waals surface area contributed by atoms with Crippen LogP contribution in [-0.2, 0) is 4.79 Å². The number of primary amides is 1. The number of carbonyl (C=O) groups is 1. The van der Waals surface area contributed by atoms with Crippen molar-refractivity contribution in [2.75, 3.05) is 0 Å². The minimum atomic E-state index is -0.303. The number of hydrogen-bond acceptors (Lipinski definition) is 2. The molecule has 0 saturated heterocycles. The average Bonchev–Trinajstić information content (AvgIpc) is 2.00. The van der Waals surface area contributed by atoms with Gasteiger partial charge in [-0.05, 0) is 30.5 Å². The normalized spacial score (nSPS) is 12.5. The third-order valence-corrected chi connectivity index (χ3v) is 2.21. The number of aryl methyl sites for hydroxylation is 1. The highest BCUT2D eigenvalue weighted by atomic mass is 35.5. The van der Waals surface area contributed by atoms with Gasteiger partial charge in [-0.15, -0.1) is 0 Å². The number of aromatic nitrogens is 1. The van der Waals surface area contributed by atoms with Crippen molar-refractivity contribution in [1.29, 1.82) is 0 Å². The first kappa shape index (κ1) is 11.0. The Morgan fingerprint density at radius 2 is 2.29 bits per heavy atom. The molecule has 1 unspecified atom stereocenters. The lowest BCUT2D eigenvalue weighted by Gasteiger charge is -2.10. The maximum atomic E-state index is 10.7. The zero-order valence-corrected chi connectivity index (χ0v) is 9.01. The van der Waals surface area contributed by atoms with Crippen LogP contribution in [0.3, 0.4) is 0 Å². The summed E-state index contributed by atoms with van der Waals surface area (Å²) < 4.78 is 0. The standard InChI is InChI=1S/C10H13ClN2O/c1-6(3-10(12)14)8-4-7(2)13-9(11)5-8/h4-6H,3H2,1-2H3,(H2,12,14). The molecule has 0 aliphatic rings. The molecule has 0 aliphatic carbocycles. The van der Waals surface area contributed by atoms with Crippen molar-refractivity contribution in [2.24, 2.45) is 5.73 Å². The summed E-state index contributed by atoms with van der Waals surface area (Å²) in [4.78, 5) is 14.8. The van der Waals surface area contributed by atoms with Crippen LogP contribution in [-0.4, -0.2) is 10.9 Å². The topological polar surface area (TPSA) is 56.0 Å². The molecule has 1 rings (SSSR count). The van der Waals surface area contributed by atoms with Gasteiger partial charge in [0, 0.05) is 12.1 Å². The molecule has 0 spiro atoms. The molecule has 1 aromatic heterocycles. The van der Waals surface area contributed by atoms with Crippen LogP contribution < -0.4 is 5.73 Å². The summed E-state index contributed by atoms with van der Waals surface area (Å²) in [6.45, 7) is 3.81. The molecule has 76 valence electrons. The number of nitrogens with zero attached hydrogens (tertiary/aromatic N) is 1. The van der Waals surface area contributed by atoms with Crippen molar-refractivity contribution < 1.29 is 4.79 Å². The number of pyridine rings is 1. The van der Waals surface area contributed by atoms with E-state index in [-0.39, 0.29) is 11.8 Å². The fraction of sp³-hybridized carbons (Fsp3) is 0.400. The molecule has 1 heterocycles. The van der Waals surface area contributed by atoms with Gasteiger partial charge in [-0.1, -0.05) is 18.5 Å². The van der Waals surface area contributed by atoms with Crippen LogP contribution in [0.4, 0.5) is 0 Å². The van der Waals surface area contributed by atoms with E-state index in [4.69, 9.17) is 17.3 Å². The molecule has 1 atom stereocenters. The Bertz CT molecular complexity index is 332. The van der Waals surface area contributed by atoms with Gasteiger partial charge in [0.15, 0.2) is 0 Å². The molecule has 14 heavy (non-hydrogen) atoms. The second-order valence-corrected chi connectivity index (χ2v) is 3.82. The Morgan fingerprint density at radius 3 is 2.79 bits per heavy atom. The highest BCUT2D eigenvalue weighted by Gasteiger charge is 2.10. The maximum absolute atomic E-state index is 10.7. The number of carbonyl (C=O) groups excluding carboxylic acids is 1. The molecule has 1 amide bonds. The van der Waals surface area contributed by atoms with Crippen LogP contribution in [0.2, 0.25) is 5.15 Å². The molecule has 0 aliphatic heterocycles. The van der Waals surface area contributed by atoms with E-state index in [0.717, 1.165) is 11.3 Å². The molecular formula is C10H13ClN2O. The van der Waals surface area contributed by atoms with Crippen LogP contribution in [0.5, 0.6) is 0 Å². The molecule has 4 heteroatoms. The average molecular weight is 213 g/mol. The molecular weight excluding hydrogens is 200 g/mol. The van der Waals surface area contributed by atoms with E-state index in [1.54, 1.807) is 6.07 Å². The molecule has 2 N–H and O–H groups in total. The number of nitrogens with two attached hydrogens (primary N) is 1. The van der Waals surface area contributed by atoms with E-state index in [1.807, 2.05) is 19.9 Å². The maximum Gasteiger partial charge on any atom is 0.218 e. The predicted octanol–water partition coefficient (Wildman–Crippen LogP) is 2.02. The lowest BCUT2D eigenvalue weighted by Crippen LogP contribution is -2.13. The van der Waals surface area contributed by atoms with E-state index >= 15 is 0 Å². The molecule has 0 aromatic carbocycles. The molecule has 0 bridgehead atoms. The van der Waals surface area contributed by atoms with Crippen molar-refractivity contribution >= 4 is 17.5 Å². The monoisotopic (exact) mass is 212 g/mol. The first-order valence-electron chi connectivity index (χ1n) is 4.41. The van der Waals surface area contributed by atoms with Crippen molar-refractivity contribution in [3.05, 3.63) is 28.5 Å². The fourth-order valence-electron chi connectivity index (χ4n) is 1.36. The Balaban J connectivity index is 2.89. The predicted molar refractivity (Wildman–Crippen MR) is 56.2 cm³/mol. The number of halogens is 1. The SMILES string of the molecule is Cc1cc(C(C)CC(N)=O)cc(Cl)n1. The van der Waals surface area contributed by atoms with Gasteiger partial charge in [0.05, 0.1) is 0 Å². The van der Waals surface area contributed by atoms with E-state index in [1.165, 1.54) is 0 Å². The van der Waals surface area contributed by atoms with Gasteiger partial charge in [-0.25, -0.2) is 4.98 Å². The summed E-state index contributed by atoms with van der Waals surface area (Å²) in [6, 6.07) is 3.68. The summed E-state index contributed by atoms with van der Waals surface area (Å²) in [7, 11) is 0. The Morgan fingerprint density at radius 1 is 1.64 bits per heavy atom. The lowest BCUT2D eigenvalue weighted by atomic mass is 9.98. The Hall–Kier alpha value is -1.09. The van der Waals surface area contributed by atoms with E-state index in [9.17, 15) is 4.79 Å². The molecule has 0 fully saturated rings. The third-order valence-electron chi connectivity index (χ3n) is 2.02. The summed E-state index contributed by atoms with van der Waals surface area (Å²) >= 11 is 5.80. The summed E-state index contributed by atoms with van der Waals surface area (Å²) in [5.41, 5.74) is 6.97. The van der Waals surface area contributed by atoms with Gasteiger partial charge < -0.3 is 5.73 Å². The molecule has 0 saturated carbocycles. The first-order valence-corrected chi connectivity index (χ1v) is 4.79. The number of hydrogen-bond donors (Lipinski definition) is 1. The zero-order valence-electron chi connectivity index (χ0n) is 8.25. The van der Waals surface area contributed by atoms with Gasteiger partial charge in [0.1, 0.15) is 5.15 Å². The second-order valence-electron chi connectivity index (χ2n) is 3.44. The highest BCUT2D eigenvalue weighted by molar-refractivity contribution is 6.29. The largest absolute Gasteiger partial charge is 0.370 e. The molecule has 1 aromatic rings. The lowest BCUT2D eigenvalue weighted by molar-refractivity contribution is -0.118. The van der Waals surface area contributed by atoms with Crippen LogP contribution in [0.15, 0.2) is 12.1 Å². The van der Waals surface area contributed by atoms with Crippen molar-refractivity contribution in [3.63, 3.8) is 0 Å². The van der Waals surface area contributed by atoms with E-state index < -0.39 is 0 Å². The van der Waals surface area contributed by atoms with Gasteiger partial charge >= 0.3 is 0 Å². The minimum absolute atomic E-state index is 0.0895. The van der Waals surface area contributed by atoms with Crippen LogP contribution in [0.25, 0.3) is 0 Å². The second kappa shape index (κ2) is 4.42.